The maximum Gasteiger partial charge on any atom is 0.289 e. The van der Waals surface area contributed by atoms with Crippen molar-refractivity contribution in [1.29, 1.82) is 0 Å². The fourth-order valence-electron chi connectivity index (χ4n) is 3.60. The molecule has 1 saturated heterocycles. The van der Waals surface area contributed by atoms with Crippen molar-refractivity contribution >= 4 is 40.1 Å². The van der Waals surface area contributed by atoms with Crippen LogP contribution in [-0.4, -0.2) is 54.3 Å². The Kier molecular flexibility index (Phi) is 5.74. The summed E-state index contributed by atoms with van der Waals surface area (Å²) in [6.07, 6.45) is 0. The lowest BCUT2D eigenvalue weighted by Crippen LogP contribution is -2.50. The lowest BCUT2D eigenvalue weighted by atomic mass is 10.1. The molecular formula is C22H21ClFN3O3. The van der Waals surface area contributed by atoms with Crippen molar-refractivity contribution in [2.75, 3.05) is 38.0 Å². The first-order valence-corrected chi connectivity index (χ1v) is 10.0. The number of piperazine rings is 1. The molecule has 0 unspecified atom stereocenters. The average molecular weight is 430 g/mol. The summed E-state index contributed by atoms with van der Waals surface area (Å²) in [4.78, 5) is 28.9. The fraction of sp³-hybridized carbons (Fsp3) is 0.273. The van der Waals surface area contributed by atoms with Crippen molar-refractivity contribution in [3.05, 3.63) is 64.6 Å². The molecule has 2 heterocycles. The zero-order valence-electron chi connectivity index (χ0n) is 16.5. The molecule has 2 aromatic carbocycles. The van der Waals surface area contributed by atoms with Gasteiger partial charge in [-0.05, 0) is 37.3 Å². The lowest BCUT2D eigenvalue weighted by Gasteiger charge is -2.33. The molecule has 3 aromatic rings. The Labute approximate surface area is 178 Å². The molecule has 1 fully saturated rings. The van der Waals surface area contributed by atoms with Crippen LogP contribution in [0.1, 0.15) is 16.1 Å². The van der Waals surface area contributed by atoms with Crippen molar-refractivity contribution in [1.82, 2.24) is 9.80 Å². The van der Waals surface area contributed by atoms with Crippen LogP contribution >= 0.6 is 11.6 Å². The minimum Gasteiger partial charge on any atom is -0.449 e. The number of para-hydroxylation sites is 1. The third-order valence-corrected chi connectivity index (χ3v) is 5.56. The van der Waals surface area contributed by atoms with Gasteiger partial charge in [-0.1, -0.05) is 23.7 Å². The number of halogens is 2. The van der Waals surface area contributed by atoms with E-state index in [1.165, 1.54) is 24.3 Å². The van der Waals surface area contributed by atoms with Crippen molar-refractivity contribution in [2.24, 2.45) is 0 Å². The van der Waals surface area contributed by atoms with Crippen LogP contribution in [0.5, 0.6) is 0 Å². The van der Waals surface area contributed by atoms with Gasteiger partial charge in [0.1, 0.15) is 5.82 Å². The standard InChI is InChI=1S/C22H21ClFN3O3/c1-14-17-3-2-4-18(23)21(17)30-20(14)22(29)27-11-9-26(10-12-27)13-19(28)25-16-7-5-15(24)6-8-16/h2-8H,9-13H2,1H3,(H,25,28). The monoisotopic (exact) mass is 429 g/mol. The van der Waals surface area contributed by atoms with Crippen LogP contribution in [0.4, 0.5) is 10.1 Å². The summed E-state index contributed by atoms with van der Waals surface area (Å²) < 4.78 is 18.7. The van der Waals surface area contributed by atoms with Crippen LogP contribution in [0.3, 0.4) is 0 Å². The number of furan rings is 1. The van der Waals surface area contributed by atoms with E-state index < -0.39 is 0 Å². The minimum atomic E-state index is -0.351. The van der Waals surface area contributed by atoms with Gasteiger partial charge in [0, 0.05) is 42.8 Å². The van der Waals surface area contributed by atoms with Crippen LogP contribution in [0, 0.1) is 12.7 Å². The number of carbonyl (C=O) groups excluding carboxylic acids is 2. The molecule has 0 radical (unpaired) electrons. The molecule has 0 atom stereocenters. The number of rotatable bonds is 4. The second-order valence-electron chi connectivity index (χ2n) is 7.30. The number of hydrogen-bond donors (Lipinski definition) is 1. The average Bonchev–Trinajstić information content (AvgIpc) is 3.08. The van der Waals surface area contributed by atoms with Gasteiger partial charge in [0.2, 0.25) is 5.91 Å². The van der Waals surface area contributed by atoms with E-state index in [4.69, 9.17) is 16.0 Å². The molecular weight excluding hydrogens is 409 g/mol. The summed E-state index contributed by atoms with van der Waals surface area (Å²) in [5, 5.41) is 4.06. The Hall–Kier alpha value is -2.90. The molecule has 8 heteroatoms. The molecule has 0 bridgehead atoms. The quantitative estimate of drug-likeness (QED) is 0.682. The molecule has 0 spiro atoms. The highest BCUT2D eigenvalue weighted by molar-refractivity contribution is 6.35. The number of nitrogens with zero attached hydrogens (tertiary/aromatic N) is 2. The highest BCUT2D eigenvalue weighted by atomic mass is 35.5. The smallest absolute Gasteiger partial charge is 0.289 e. The van der Waals surface area contributed by atoms with Gasteiger partial charge >= 0.3 is 0 Å². The van der Waals surface area contributed by atoms with E-state index in [-0.39, 0.29) is 24.2 Å². The van der Waals surface area contributed by atoms with Crippen LogP contribution < -0.4 is 5.32 Å². The van der Waals surface area contributed by atoms with Gasteiger partial charge in [-0.15, -0.1) is 0 Å². The molecule has 1 N–H and O–H groups in total. The Morgan fingerprint density at radius 2 is 1.80 bits per heavy atom. The number of hydrogen-bond acceptors (Lipinski definition) is 4. The highest BCUT2D eigenvalue weighted by Gasteiger charge is 2.27. The van der Waals surface area contributed by atoms with Gasteiger partial charge in [0.15, 0.2) is 11.3 Å². The molecule has 6 nitrogen and oxygen atoms in total. The molecule has 4 rings (SSSR count). The largest absolute Gasteiger partial charge is 0.449 e. The van der Waals surface area contributed by atoms with Crippen LogP contribution in [0.15, 0.2) is 46.9 Å². The first-order valence-electron chi connectivity index (χ1n) is 9.67. The number of aryl methyl sites for hydroxylation is 1. The van der Waals surface area contributed by atoms with E-state index in [0.29, 0.717) is 48.2 Å². The molecule has 0 aliphatic carbocycles. The van der Waals surface area contributed by atoms with Crippen molar-refractivity contribution in [3.63, 3.8) is 0 Å². The Balaban J connectivity index is 1.34. The topological polar surface area (TPSA) is 65.8 Å². The predicted molar refractivity (Wildman–Crippen MR) is 113 cm³/mol. The number of anilines is 1. The SMILES string of the molecule is Cc1c(C(=O)N2CCN(CC(=O)Nc3ccc(F)cc3)CC2)oc2c(Cl)cccc12. The number of benzene rings is 2. The number of carbonyl (C=O) groups is 2. The van der Waals surface area contributed by atoms with Gasteiger partial charge in [-0.25, -0.2) is 4.39 Å². The summed E-state index contributed by atoms with van der Waals surface area (Å²) in [6, 6.07) is 11.1. The zero-order chi connectivity index (χ0) is 21.3. The van der Waals surface area contributed by atoms with Gasteiger partial charge in [0.25, 0.3) is 5.91 Å². The third kappa shape index (κ3) is 4.17. The van der Waals surface area contributed by atoms with Crippen LogP contribution in [-0.2, 0) is 4.79 Å². The molecule has 2 amide bonds. The third-order valence-electron chi connectivity index (χ3n) is 5.26. The second kappa shape index (κ2) is 8.45. The van der Waals surface area contributed by atoms with Crippen LogP contribution in [0.25, 0.3) is 11.0 Å². The van der Waals surface area contributed by atoms with E-state index >= 15 is 0 Å². The summed E-state index contributed by atoms with van der Waals surface area (Å²) in [5.74, 6) is -0.393. The molecule has 1 aliphatic rings. The minimum absolute atomic E-state index is 0.171. The number of fused-ring (bicyclic) bond motifs is 1. The van der Waals surface area contributed by atoms with Crippen molar-refractivity contribution in [3.8, 4) is 0 Å². The Morgan fingerprint density at radius 3 is 2.47 bits per heavy atom. The maximum absolute atomic E-state index is 13.0. The maximum atomic E-state index is 13.0. The number of amides is 2. The Morgan fingerprint density at radius 1 is 1.10 bits per heavy atom. The molecule has 1 aliphatic heterocycles. The fourth-order valence-corrected chi connectivity index (χ4v) is 3.82. The summed E-state index contributed by atoms with van der Waals surface area (Å²) >= 11 is 6.18. The van der Waals surface area contributed by atoms with E-state index in [2.05, 4.69) is 5.32 Å². The van der Waals surface area contributed by atoms with E-state index in [1.54, 1.807) is 11.0 Å². The zero-order valence-corrected chi connectivity index (χ0v) is 17.2. The van der Waals surface area contributed by atoms with E-state index in [0.717, 1.165) is 10.9 Å². The first kappa shape index (κ1) is 20.4. The number of nitrogens with one attached hydrogen (secondary N) is 1. The van der Waals surface area contributed by atoms with Crippen LogP contribution in [0.2, 0.25) is 5.02 Å². The van der Waals surface area contributed by atoms with Gasteiger partial charge in [-0.3, -0.25) is 14.5 Å². The summed E-state index contributed by atoms with van der Waals surface area (Å²) in [5.41, 5.74) is 1.85. The summed E-state index contributed by atoms with van der Waals surface area (Å²) in [6.45, 7) is 4.19. The molecule has 0 saturated carbocycles. The van der Waals surface area contributed by atoms with E-state index in [9.17, 15) is 14.0 Å². The predicted octanol–water partition coefficient (Wildman–Crippen LogP) is 3.93. The molecule has 30 heavy (non-hydrogen) atoms. The first-order chi connectivity index (χ1) is 14.4. The van der Waals surface area contributed by atoms with E-state index in [1.807, 2.05) is 24.0 Å². The van der Waals surface area contributed by atoms with Crippen molar-refractivity contribution in [2.45, 2.75) is 6.92 Å². The van der Waals surface area contributed by atoms with Crippen molar-refractivity contribution < 1.29 is 18.4 Å². The van der Waals surface area contributed by atoms with Gasteiger partial charge < -0.3 is 14.6 Å². The van der Waals surface area contributed by atoms with Gasteiger partial charge in [0.05, 0.1) is 11.6 Å². The second-order valence-corrected chi connectivity index (χ2v) is 7.70. The molecule has 156 valence electrons. The summed E-state index contributed by atoms with van der Waals surface area (Å²) in [7, 11) is 0. The van der Waals surface area contributed by atoms with Gasteiger partial charge in [-0.2, -0.15) is 0 Å². The normalized spacial score (nSPS) is 14.8. The lowest BCUT2D eigenvalue weighted by molar-refractivity contribution is -0.117. The highest BCUT2D eigenvalue weighted by Crippen LogP contribution is 2.31. The Bertz CT molecular complexity index is 1090. The molecule has 1 aromatic heterocycles.